The van der Waals surface area contributed by atoms with Gasteiger partial charge >= 0.3 is 0 Å². The lowest BCUT2D eigenvalue weighted by molar-refractivity contribution is -0.134. The van der Waals surface area contributed by atoms with Crippen LogP contribution >= 0.6 is 0 Å². The van der Waals surface area contributed by atoms with E-state index in [0.29, 0.717) is 12.6 Å². The van der Waals surface area contributed by atoms with Crippen molar-refractivity contribution in [3.63, 3.8) is 0 Å². The molecule has 1 saturated heterocycles. The zero-order valence-corrected chi connectivity index (χ0v) is 12.5. The first-order valence-corrected chi connectivity index (χ1v) is 7.80. The number of piperidine rings is 1. The summed E-state index contributed by atoms with van der Waals surface area (Å²) in [6.07, 6.45) is 7.08. The number of hydrogen-bond acceptors (Lipinski definition) is 3. The largest absolute Gasteiger partial charge is 0.342 e. The van der Waals surface area contributed by atoms with Crippen molar-refractivity contribution >= 4 is 5.91 Å². The third-order valence-corrected chi connectivity index (χ3v) is 4.83. The summed E-state index contributed by atoms with van der Waals surface area (Å²) in [6, 6.07) is 0.713. The van der Waals surface area contributed by atoms with Crippen LogP contribution in [0.4, 0.5) is 0 Å². The van der Waals surface area contributed by atoms with E-state index in [1.54, 1.807) is 0 Å². The first-order chi connectivity index (χ1) is 9.06. The fourth-order valence-electron chi connectivity index (χ4n) is 3.37. The van der Waals surface area contributed by atoms with Crippen molar-refractivity contribution in [2.75, 3.05) is 26.7 Å². The Hall–Kier alpha value is -0.610. The molecule has 0 aromatic rings. The van der Waals surface area contributed by atoms with Gasteiger partial charge < -0.3 is 10.6 Å². The fraction of sp³-hybridized carbons (Fsp3) is 0.933. The highest BCUT2D eigenvalue weighted by Gasteiger charge is 2.26. The van der Waals surface area contributed by atoms with Gasteiger partial charge in [-0.1, -0.05) is 6.92 Å². The van der Waals surface area contributed by atoms with Crippen LogP contribution in [0.3, 0.4) is 0 Å². The molecular weight excluding hydrogens is 238 g/mol. The van der Waals surface area contributed by atoms with Gasteiger partial charge in [-0.15, -0.1) is 0 Å². The Morgan fingerprint density at radius 1 is 1.26 bits per heavy atom. The lowest BCUT2D eigenvalue weighted by Crippen LogP contribution is -2.49. The number of likely N-dealkylation sites (N-methyl/N-ethyl adjacent to an activating group) is 1. The molecule has 1 saturated carbocycles. The Balaban J connectivity index is 1.78. The summed E-state index contributed by atoms with van der Waals surface area (Å²) in [7, 11) is 1.98. The Morgan fingerprint density at radius 2 is 1.95 bits per heavy atom. The summed E-state index contributed by atoms with van der Waals surface area (Å²) in [5, 5.41) is 0. The summed E-state index contributed by atoms with van der Waals surface area (Å²) in [4.78, 5) is 16.6. The lowest BCUT2D eigenvalue weighted by Gasteiger charge is -2.36. The highest BCUT2D eigenvalue weighted by Crippen LogP contribution is 2.26. The fourth-order valence-corrected chi connectivity index (χ4v) is 3.37. The van der Waals surface area contributed by atoms with Crippen molar-refractivity contribution in [3.8, 4) is 0 Å². The number of rotatable bonds is 3. The standard InChI is InChI=1S/C15H29N3O/c1-12-5-7-14(8-6-12)17(2)15(19)11-18-9-3-4-13(16)10-18/h12-14H,3-11,16H2,1-2H3. The van der Waals surface area contributed by atoms with Crippen molar-refractivity contribution in [2.24, 2.45) is 11.7 Å². The Bertz CT molecular complexity index is 300. The quantitative estimate of drug-likeness (QED) is 0.842. The minimum absolute atomic E-state index is 0.252. The van der Waals surface area contributed by atoms with Crippen molar-refractivity contribution in [1.82, 2.24) is 9.80 Å². The normalized spacial score (nSPS) is 33.1. The zero-order valence-electron chi connectivity index (χ0n) is 12.5. The molecule has 2 rings (SSSR count). The number of amides is 1. The molecular formula is C15H29N3O. The highest BCUT2D eigenvalue weighted by molar-refractivity contribution is 5.78. The first kappa shape index (κ1) is 14.8. The molecule has 19 heavy (non-hydrogen) atoms. The minimum Gasteiger partial charge on any atom is -0.342 e. The molecule has 110 valence electrons. The van der Waals surface area contributed by atoms with E-state index < -0.39 is 0 Å². The van der Waals surface area contributed by atoms with Gasteiger partial charge in [-0.2, -0.15) is 0 Å². The van der Waals surface area contributed by atoms with Crippen LogP contribution in [-0.4, -0.2) is 54.5 Å². The third-order valence-electron chi connectivity index (χ3n) is 4.83. The molecule has 0 bridgehead atoms. The Labute approximate surface area is 117 Å². The lowest BCUT2D eigenvalue weighted by atomic mass is 9.87. The third kappa shape index (κ3) is 4.18. The molecule has 1 heterocycles. The number of hydrogen-bond donors (Lipinski definition) is 1. The molecule has 2 N–H and O–H groups in total. The molecule has 1 unspecified atom stereocenters. The molecule has 1 aliphatic heterocycles. The predicted molar refractivity (Wildman–Crippen MR) is 77.8 cm³/mol. The van der Waals surface area contributed by atoms with E-state index in [4.69, 9.17) is 5.73 Å². The maximum atomic E-state index is 12.3. The first-order valence-electron chi connectivity index (χ1n) is 7.80. The van der Waals surface area contributed by atoms with Crippen molar-refractivity contribution in [3.05, 3.63) is 0 Å². The van der Waals surface area contributed by atoms with E-state index in [2.05, 4.69) is 11.8 Å². The predicted octanol–water partition coefficient (Wildman–Crippen LogP) is 1.45. The van der Waals surface area contributed by atoms with Crippen LogP contribution in [0.5, 0.6) is 0 Å². The molecule has 0 spiro atoms. The number of carbonyl (C=O) groups is 1. The van der Waals surface area contributed by atoms with E-state index in [1.165, 1.54) is 25.7 Å². The van der Waals surface area contributed by atoms with Crippen LogP contribution in [0, 0.1) is 5.92 Å². The van der Waals surface area contributed by atoms with Gasteiger partial charge in [-0.05, 0) is 51.0 Å². The molecule has 4 nitrogen and oxygen atoms in total. The molecule has 2 fully saturated rings. The topological polar surface area (TPSA) is 49.6 Å². The second-order valence-corrected chi connectivity index (χ2v) is 6.56. The van der Waals surface area contributed by atoms with Crippen LogP contribution in [0.15, 0.2) is 0 Å². The second kappa shape index (κ2) is 6.71. The second-order valence-electron chi connectivity index (χ2n) is 6.56. The van der Waals surface area contributed by atoms with E-state index in [-0.39, 0.29) is 11.9 Å². The molecule has 1 atom stereocenters. The van der Waals surface area contributed by atoms with Gasteiger partial charge in [-0.3, -0.25) is 9.69 Å². The van der Waals surface area contributed by atoms with Gasteiger partial charge in [0.15, 0.2) is 0 Å². The van der Waals surface area contributed by atoms with E-state index in [9.17, 15) is 4.79 Å². The Morgan fingerprint density at radius 3 is 2.58 bits per heavy atom. The van der Waals surface area contributed by atoms with Gasteiger partial charge in [-0.25, -0.2) is 0 Å². The van der Waals surface area contributed by atoms with E-state index in [0.717, 1.165) is 31.8 Å². The molecule has 1 amide bonds. The molecule has 1 aliphatic carbocycles. The summed E-state index contributed by atoms with van der Waals surface area (Å²) in [6.45, 7) is 4.76. The Kier molecular flexibility index (Phi) is 5.22. The van der Waals surface area contributed by atoms with Gasteiger partial charge in [0, 0.05) is 25.7 Å². The SMILES string of the molecule is CC1CCC(N(C)C(=O)CN2CCCC(N)C2)CC1. The molecule has 2 aliphatic rings. The number of likely N-dealkylation sites (tertiary alicyclic amines) is 1. The number of nitrogens with two attached hydrogens (primary N) is 1. The maximum Gasteiger partial charge on any atom is 0.236 e. The zero-order chi connectivity index (χ0) is 13.8. The summed E-state index contributed by atoms with van der Waals surface area (Å²) < 4.78 is 0. The van der Waals surface area contributed by atoms with Crippen molar-refractivity contribution < 1.29 is 4.79 Å². The molecule has 0 aromatic heterocycles. The monoisotopic (exact) mass is 267 g/mol. The minimum atomic E-state index is 0.252. The van der Waals surface area contributed by atoms with Crippen LogP contribution in [0.25, 0.3) is 0 Å². The summed E-state index contributed by atoms with van der Waals surface area (Å²) in [5.74, 6) is 1.11. The summed E-state index contributed by atoms with van der Waals surface area (Å²) in [5.41, 5.74) is 5.97. The average Bonchev–Trinajstić information content (AvgIpc) is 2.39. The number of carbonyl (C=O) groups excluding carboxylic acids is 1. The van der Waals surface area contributed by atoms with Gasteiger partial charge in [0.2, 0.25) is 5.91 Å². The van der Waals surface area contributed by atoms with Crippen LogP contribution < -0.4 is 5.73 Å². The van der Waals surface area contributed by atoms with E-state index >= 15 is 0 Å². The highest BCUT2D eigenvalue weighted by atomic mass is 16.2. The molecule has 0 radical (unpaired) electrons. The van der Waals surface area contributed by atoms with Gasteiger partial charge in [0.25, 0.3) is 0 Å². The molecule has 4 heteroatoms. The van der Waals surface area contributed by atoms with Crippen LogP contribution in [0.2, 0.25) is 0 Å². The molecule has 0 aromatic carbocycles. The summed E-state index contributed by atoms with van der Waals surface area (Å²) >= 11 is 0. The van der Waals surface area contributed by atoms with Gasteiger partial charge in [0.05, 0.1) is 6.54 Å². The average molecular weight is 267 g/mol. The van der Waals surface area contributed by atoms with Gasteiger partial charge in [0.1, 0.15) is 0 Å². The van der Waals surface area contributed by atoms with E-state index in [1.807, 2.05) is 11.9 Å². The van der Waals surface area contributed by atoms with Crippen molar-refractivity contribution in [1.29, 1.82) is 0 Å². The maximum absolute atomic E-state index is 12.3. The van der Waals surface area contributed by atoms with Crippen molar-refractivity contribution in [2.45, 2.75) is 57.5 Å². The van der Waals surface area contributed by atoms with Crippen LogP contribution in [-0.2, 0) is 4.79 Å². The number of nitrogens with zero attached hydrogens (tertiary/aromatic N) is 2. The smallest absolute Gasteiger partial charge is 0.236 e. The van der Waals surface area contributed by atoms with Crippen LogP contribution in [0.1, 0.15) is 45.4 Å².